The second-order valence-corrected chi connectivity index (χ2v) is 7.59. The first-order chi connectivity index (χ1) is 8.87. The molecule has 1 aliphatic heterocycles. The third-order valence-electron chi connectivity index (χ3n) is 3.00. The van der Waals surface area contributed by atoms with E-state index in [0.717, 1.165) is 0 Å². The van der Waals surface area contributed by atoms with Crippen molar-refractivity contribution in [2.45, 2.75) is 18.7 Å². The molecule has 0 spiro atoms. The molecule has 114 valence electrons. The largest absolute Gasteiger partial charge is 0.312 e. The summed E-state index contributed by atoms with van der Waals surface area (Å²) in [6.45, 7) is 3.65. The Morgan fingerprint density at radius 2 is 1.90 bits per heavy atom. The van der Waals surface area contributed by atoms with Gasteiger partial charge in [-0.05, 0) is 30.7 Å². The first kappa shape index (κ1) is 18.0. The van der Waals surface area contributed by atoms with Crippen LogP contribution in [0.15, 0.2) is 18.2 Å². The van der Waals surface area contributed by atoms with Crippen molar-refractivity contribution >= 4 is 45.6 Å². The Kier molecular flexibility index (Phi) is 6.57. The predicted octanol–water partition coefficient (Wildman–Crippen LogP) is 2.54. The average molecular weight is 360 g/mol. The molecular formula is C12H17Cl3N2O2S. The van der Waals surface area contributed by atoms with Crippen LogP contribution in [0.5, 0.6) is 0 Å². The first-order valence-corrected chi connectivity index (χ1v) is 8.39. The maximum absolute atomic E-state index is 12.3. The highest BCUT2D eigenvalue weighted by Crippen LogP contribution is 2.22. The van der Waals surface area contributed by atoms with Gasteiger partial charge in [-0.3, -0.25) is 0 Å². The molecule has 1 heterocycles. The van der Waals surface area contributed by atoms with Gasteiger partial charge >= 0.3 is 0 Å². The SMILES string of the molecule is CC1CN(S(=O)(=O)Cc2cc(Cl)cc(Cl)c2)CCN1.Cl. The van der Waals surface area contributed by atoms with Gasteiger partial charge in [0.05, 0.1) is 5.75 Å². The Bertz CT molecular complexity index is 546. The van der Waals surface area contributed by atoms with E-state index in [4.69, 9.17) is 23.2 Å². The van der Waals surface area contributed by atoms with Crippen molar-refractivity contribution in [1.29, 1.82) is 0 Å². The summed E-state index contributed by atoms with van der Waals surface area (Å²) in [4.78, 5) is 0. The third-order valence-corrected chi connectivity index (χ3v) is 5.25. The normalized spacial score (nSPS) is 20.4. The molecule has 2 rings (SSSR count). The van der Waals surface area contributed by atoms with Crippen molar-refractivity contribution in [2.75, 3.05) is 19.6 Å². The van der Waals surface area contributed by atoms with Gasteiger partial charge in [0.1, 0.15) is 0 Å². The van der Waals surface area contributed by atoms with Crippen LogP contribution in [0.2, 0.25) is 10.0 Å². The first-order valence-electron chi connectivity index (χ1n) is 6.03. The Morgan fingerprint density at radius 3 is 2.45 bits per heavy atom. The molecule has 1 saturated heterocycles. The molecule has 20 heavy (non-hydrogen) atoms. The molecule has 0 amide bonds. The third kappa shape index (κ3) is 4.76. The minimum Gasteiger partial charge on any atom is -0.312 e. The molecule has 0 bridgehead atoms. The van der Waals surface area contributed by atoms with Crippen LogP contribution >= 0.6 is 35.6 Å². The van der Waals surface area contributed by atoms with Gasteiger partial charge in [-0.15, -0.1) is 12.4 Å². The number of piperazine rings is 1. The maximum Gasteiger partial charge on any atom is 0.218 e. The van der Waals surface area contributed by atoms with Crippen LogP contribution in [-0.4, -0.2) is 38.4 Å². The standard InChI is InChI=1S/C12H16Cl2N2O2S.ClH/c1-9-7-16(3-2-15-9)19(17,18)8-10-4-11(13)6-12(14)5-10;/h4-6,9,15H,2-3,7-8H2,1H3;1H. The van der Waals surface area contributed by atoms with Gasteiger partial charge in [-0.2, -0.15) is 4.31 Å². The van der Waals surface area contributed by atoms with E-state index in [1.807, 2.05) is 6.92 Å². The predicted molar refractivity (Wildman–Crippen MR) is 85.4 cm³/mol. The number of halogens is 3. The van der Waals surface area contributed by atoms with E-state index in [1.165, 1.54) is 4.31 Å². The topological polar surface area (TPSA) is 49.4 Å². The van der Waals surface area contributed by atoms with E-state index in [-0.39, 0.29) is 24.2 Å². The highest BCUT2D eigenvalue weighted by atomic mass is 35.5. The molecule has 1 fully saturated rings. The minimum absolute atomic E-state index is 0. The minimum atomic E-state index is -3.33. The van der Waals surface area contributed by atoms with E-state index >= 15 is 0 Å². The zero-order valence-corrected chi connectivity index (χ0v) is 14.1. The molecule has 1 N–H and O–H groups in total. The van der Waals surface area contributed by atoms with Gasteiger partial charge in [-0.1, -0.05) is 23.2 Å². The van der Waals surface area contributed by atoms with Gasteiger partial charge in [-0.25, -0.2) is 8.42 Å². The quantitative estimate of drug-likeness (QED) is 0.902. The summed E-state index contributed by atoms with van der Waals surface area (Å²) >= 11 is 11.8. The van der Waals surface area contributed by atoms with Crippen LogP contribution in [0.25, 0.3) is 0 Å². The zero-order chi connectivity index (χ0) is 14.0. The molecule has 1 aromatic rings. The van der Waals surface area contributed by atoms with Gasteiger partial charge in [0.15, 0.2) is 0 Å². The maximum atomic E-state index is 12.3. The number of nitrogens with zero attached hydrogens (tertiary/aromatic N) is 1. The molecule has 0 saturated carbocycles. The molecular weight excluding hydrogens is 343 g/mol. The van der Waals surface area contributed by atoms with Crippen LogP contribution in [0, 0.1) is 0 Å². The monoisotopic (exact) mass is 358 g/mol. The molecule has 4 nitrogen and oxygen atoms in total. The highest BCUT2D eigenvalue weighted by Gasteiger charge is 2.27. The van der Waals surface area contributed by atoms with Crippen LogP contribution in [0.3, 0.4) is 0 Å². The van der Waals surface area contributed by atoms with Gasteiger partial charge in [0, 0.05) is 35.7 Å². The molecule has 0 aliphatic carbocycles. The van der Waals surface area contributed by atoms with Gasteiger partial charge < -0.3 is 5.32 Å². The fourth-order valence-corrected chi connectivity index (χ4v) is 4.31. The molecule has 0 aromatic heterocycles. The number of nitrogens with one attached hydrogen (secondary N) is 1. The summed E-state index contributed by atoms with van der Waals surface area (Å²) in [5, 5.41) is 4.12. The summed E-state index contributed by atoms with van der Waals surface area (Å²) in [6, 6.07) is 5.03. The van der Waals surface area contributed by atoms with E-state index in [2.05, 4.69) is 5.32 Å². The zero-order valence-electron chi connectivity index (χ0n) is 11.0. The summed E-state index contributed by atoms with van der Waals surface area (Å²) in [7, 11) is -3.33. The average Bonchev–Trinajstić information content (AvgIpc) is 2.26. The molecule has 8 heteroatoms. The Labute approximate surface area is 135 Å². The van der Waals surface area contributed by atoms with Crippen LogP contribution in [-0.2, 0) is 15.8 Å². The lowest BCUT2D eigenvalue weighted by molar-refractivity contribution is 0.310. The van der Waals surface area contributed by atoms with Crippen LogP contribution in [0.4, 0.5) is 0 Å². The fourth-order valence-electron chi connectivity index (χ4n) is 2.15. The molecule has 0 radical (unpaired) electrons. The lowest BCUT2D eigenvalue weighted by Gasteiger charge is -2.31. The second kappa shape index (κ2) is 7.29. The van der Waals surface area contributed by atoms with E-state index in [9.17, 15) is 8.42 Å². The van der Waals surface area contributed by atoms with Crippen molar-refractivity contribution in [2.24, 2.45) is 0 Å². The molecule has 1 atom stereocenters. The van der Waals surface area contributed by atoms with E-state index < -0.39 is 10.0 Å². The smallest absolute Gasteiger partial charge is 0.218 e. The highest BCUT2D eigenvalue weighted by molar-refractivity contribution is 7.88. The van der Waals surface area contributed by atoms with Crippen molar-refractivity contribution < 1.29 is 8.42 Å². The number of hydrogen-bond donors (Lipinski definition) is 1. The second-order valence-electron chi connectivity index (χ2n) is 4.75. The van der Waals surface area contributed by atoms with Crippen molar-refractivity contribution in [3.05, 3.63) is 33.8 Å². The Hall–Kier alpha value is -0.0400. The van der Waals surface area contributed by atoms with Crippen molar-refractivity contribution in [1.82, 2.24) is 9.62 Å². The number of rotatable bonds is 3. The van der Waals surface area contributed by atoms with Crippen molar-refractivity contribution in [3.63, 3.8) is 0 Å². The van der Waals surface area contributed by atoms with Crippen LogP contribution < -0.4 is 5.32 Å². The summed E-state index contributed by atoms with van der Waals surface area (Å²) in [5.41, 5.74) is 0.615. The van der Waals surface area contributed by atoms with Crippen LogP contribution in [0.1, 0.15) is 12.5 Å². The van der Waals surface area contributed by atoms with E-state index in [1.54, 1.807) is 18.2 Å². The molecule has 1 aliphatic rings. The summed E-state index contributed by atoms with van der Waals surface area (Å²) in [5.74, 6) is -0.0694. The summed E-state index contributed by atoms with van der Waals surface area (Å²) < 4.78 is 26.2. The number of benzene rings is 1. The molecule has 1 aromatic carbocycles. The number of hydrogen-bond acceptors (Lipinski definition) is 3. The fraction of sp³-hybridized carbons (Fsp3) is 0.500. The summed E-state index contributed by atoms with van der Waals surface area (Å²) in [6.07, 6.45) is 0. The van der Waals surface area contributed by atoms with E-state index in [0.29, 0.717) is 35.2 Å². The van der Waals surface area contributed by atoms with Crippen molar-refractivity contribution in [3.8, 4) is 0 Å². The Morgan fingerprint density at radius 1 is 1.30 bits per heavy atom. The number of sulfonamides is 1. The van der Waals surface area contributed by atoms with Gasteiger partial charge in [0.25, 0.3) is 0 Å². The lowest BCUT2D eigenvalue weighted by Crippen LogP contribution is -2.51. The van der Waals surface area contributed by atoms with Gasteiger partial charge in [0.2, 0.25) is 10.0 Å². The molecule has 1 unspecified atom stereocenters. The lowest BCUT2D eigenvalue weighted by atomic mass is 10.2. The Balaban J connectivity index is 0.00000200.